The first-order valence-corrected chi connectivity index (χ1v) is 7.85. The normalized spacial score (nSPS) is 10.8. The maximum absolute atomic E-state index is 3.70. The van der Waals surface area contributed by atoms with E-state index in [0.29, 0.717) is 0 Å². The molecule has 0 rings (SSSR count). The second kappa shape index (κ2) is 17.6. The van der Waals surface area contributed by atoms with Gasteiger partial charge in [-0.25, -0.2) is 0 Å². The van der Waals surface area contributed by atoms with Crippen molar-refractivity contribution in [3.05, 3.63) is 12.7 Å². The van der Waals surface area contributed by atoms with E-state index in [0.717, 1.165) is 58.8 Å². The summed E-state index contributed by atoms with van der Waals surface area (Å²) < 4.78 is 0. The Kier molecular flexibility index (Phi) is 17.2. The average molecular weight is 270 g/mol. The lowest BCUT2D eigenvalue weighted by atomic mass is 10.3. The van der Waals surface area contributed by atoms with E-state index in [9.17, 15) is 0 Å². The molecule has 0 aromatic carbocycles. The lowest BCUT2D eigenvalue weighted by Gasteiger charge is -2.07. The van der Waals surface area contributed by atoms with Crippen LogP contribution in [-0.4, -0.2) is 52.4 Å². The molecule has 0 bridgehead atoms. The zero-order valence-corrected chi connectivity index (χ0v) is 12.8. The topological polar surface area (TPSA) is 48.1 Å². The maximum Gasteiger partial charge on any atom is -0.00144 e. The molecule has 0 saturated carbocycles. The highest BCUT2D eigenvalue weighted by Crippen LogP contribution is 1.80. The summed E-state index contributed by atoms with van der Waals surface area (Å²) in [6.45, 7) is 14.7. The summed E-state index contributed by atoms with van der Waals surface area (Å²) in [5, 5.41) is 13.7. The second-order valence-electron chi connectivity index (χ2n) is 4.74. The van der Waals surface area contributed by atoms with Crippen molar-refractivity contribution < 1.29 is 0 Å². The molecule has 4 N–H and O–H groups in total. The molecule has 4 heteroatoms. The van der Waals surface area contributed by atoms with Gasteiger partial charge in [-0.2, -0.15) is 0 Å². The Morgan fingerprint density at radius 3 is 1.53 bits per heavy atom. The van der Waals surface area contributed by atoms with E-state index in [1.54, 1.807) is 0 Å². The predicted octanol–water partition coefficient (Wildman–Crippen LogP) is 1.11. The van der Waals surface area contributed by atoms with Crippen LogP contribution in [0.25, 0.3) is 0 Å². The van der Waals surface area contributed by atoms with Crippen LogP contribution in [0.3, 0.4) is 0 Å². The predicted molar refractivity (Wildman–Crippen MR) is 85.8 cm³/mol. The van der Waals surface area contributed by atoms with Crippen LogP contribution < -0.4 is 21.3 Å². The van der Waals surface area contributed by atoms with Gasteiger partial charge in [0.05, 0.1) is 0 Å². The Hall–Kier alpha value is -0.420. The molecule has 0 aliphatic rings. The number of rotatable bonds is 16. The van der Waals surface area contributed by atoms with E-state index in [-0.39, 0.29) is 0 Å². The first-order chi connectivity index (χ1) is 9.41. The molecule has 0 heterocycles. The van der Waals surface area contributed by atoms with Crippen molar-refractivity contribution in [2.45, 2.75) is 32.6 Å². The Balaban J connectivity index is 2.89. The third-order valence-electron chi connectivity index (χ3n) is 2.90. The van der Waals surface area contributed by atoms with Gasteiger partial charge in [-0.3, -0.25) is 0 Å². The SMILES string of the molecule is C=CCCNCCCNCCCNCCCNCC. The standard InChI is InChI=1S/C15H34N4/c1-3-5-9-17-12-7-13-19-15-8-14-18-11-6-10-16-4-2/h3,16-19H,1,4-15H2,2H3. The zero-order valence-electron chi connectivity index (χ0n) is 12.8. The first-order valence-electron chi connectivity index (χ1n) is 7.85. The van der Waals surface area contributed by atoms with Crippen LogP contribution in [0.4, 0.5) is 0 Å². The maximum atomic E-state index is 3.70. The minimum atomic E-state index is 1.06. The van der Waals surface area contributed by atoms with Gasteiger partial charge in [0, 0.05) is 0 Å². The monoisotopic (exact) mass is 270 g/mol. The summed E-state index contributed by atoms with van der Waals surface area (Å²) in [5.41, 5.74) is 0. The zero-order chi connectivity index (χ0) is 14.0. The highest BCUT2D eigenvalue weighted by molar-refractivity contribution is 4.67. The summed E-state index contributed by atoms with van der Waals surface area (Å²) in [4.78, 5) is 0. The quantitative estimate of drug-likeness (QED) is 0.251. The third-order valence-corrected chi connectivity index (χ3v) is 2.90. The average Bonchev–Trinajstić information content (AvgIpc) is 2.43. The van der Waals surface area contributed by atoms with Crippen molar-refractivity contribution in [2.75, 3.05) is 52.4 Å². The van der Waals surface area contributed by atoms with Crippen molar-refractivity contribution in [3.8, 4) is 0 Å². The van der Waals surface area contributed by atoms with Crippen molar-refractivity contribution in [2.24, 2.45) is 0 Å². The summed E-state index contributed by atoms with van der Waals surface area (Å²) in [5.74, 6) is 0. The van der Waals surface area contributed by atoms with Gasteiger partial charge in [-0.1, -0.05) is 13.0 Å². The van der Waals surface area contributed by atoms with Crippen LogP contribution in [0.15, 0.2) is 12.7 Å². The molecule has 19 heavy (non-hydrogen) atoms. The molecule has 0 unspecified atom stereocenters. The smallest absolute Gasteiger partial charge is 0.00144 e. The lowest BCUT2D eigenvalue weighted by Crippen LogP contribution is -2.26. The van der Waals surface area contributed by atoms with Crippen LogP contribution in [-0.2, 0) is 0 Å². The minimum absolute atomic E-state index is 1.06. The summed E-state index contributed by atoms with van der Waals surface area (Å²) >= 11 is 0. The third kappa shape index (κ3) is 17.6. The van der Waals surface area contributed by atoms with Crippen LogP contribution in [0, 0.1) is 0 Å². The van der Waals surface area contributed by atoms with Crippen LogP contribution in [0.1, 0.15) is 32.6 Å². The van der Waals surface area contributed by atoms with Crippen LogP contribution in [0.2, 0.25) is 0 Å². The minimum Gasteiger partial charge on any atom is -0.317 e. The Bertz CT molecular complexity index is 174. The largest absolute Gasteiger partial charge is 0.317 e. The summed E-state index contributed by atoms with van der Waals surface area (Å²) in [6.07, 6.45) is 6.65. The molecule has 0 radical (unpaired) electrons. The van der Waals surface area contributed by atoms with Gasteiger partial charge in [-0.05, 0) is 78.0 Å². The highest BCUT2D eigenvalue weighted by atomic mass is 14.9. The molecule has 0 aliphatic heterocycles. The van der Waals surface area contributed by atoms with Gasteiger partial charge in [-0.15, -0.1) is 6.58 Å². The number of nitrogens with one attached hydrogen (secondary N) is 4. The fraction of sp³-hybridized carbons (Fsp3) is 0.867. The summed E-state index contributed by atoms with van der Waals surface area (Å²) in [6, 6.07) is 0. The molecule has 0 aliphatic carbocycles. The lowest BCUT2D eigenvalue weighted by molar-refractivity contribution is 0.555. The van der Waals surface area contributed by atoms with E-state index in [4.69, 9.17) is 0 Å². The van der Waals surface area contributed by atoms with E-state index in [1.807, 2.05) is 6.08 Å². The van der Waals surface area contributed by atoms with Gasteiger partial charge in [0.15, 0.2) is 0 Å². The molecule has 0 atom stereocenters. The van der Waals surface area contributed by atoms with Gasteiger partial charge in [0.2, 0.25) is 0 Å². The van der Waals surface area contributed by atoms with E-state index in [1.165, 1.54) is 19.3 Å². The number of hydrogen-bond acceptors (Lipinski definition) is 4. The van der Waals surface area contributed by atoms with Gasteiger partial charge in [0.1, 0.15) is 0 Å². The molecule has 0 aromatic rings. The molecular weight excluding hydrogens is 236 g/mol. The first kappa shape index (κ1) is 18.6. The molecular formula is C15H34N4. The van der Waals surface area contributed by atoms with Crippen molar-refractivity contribution in [1.29, 1.82) is 0 Å². The van der Waals surface area contributed by atoms with E-state index in [2.05, 4.69) is 34.8 Å². The Labute approximate surface area is 119 Å². The van der Waals surface area contributed by atoms with Gasteiger partial charge < -0.3 is 21.3 Å². The molecule has 0 aromatic heterocycles. The fourth-order valence-corrected chi connectivity index (χ4v) is 1.77. The molecule has 0 spiro atoms. The summed E-state index contributed by atoms with van der Waals surface area (Å²) in [7, 11) is 0. The van der Waals surface area contributed by atoms with E-state index >= 15 is 0 Å². The molecule has 0 saturated heterocycles. The second-order valence-corrected chi connectivity index (χ2v) is 4.74. The van der Waals surface area contributed by atoms with E-state index < -0.39 is 0 Å². The van der Waals surface area contributed by atoms with Gasteiger partial charge >= 0.3 is 0 Å². The Morgan fingerprint density at radius 1 is 0.684 bits per heavy atom. The molecule has 0 fully saturated rings. The van der Waals surface area contributed by atoms with Crippen molar-refractivity contribution >= 4 is 0 Å². The molecule has 114 valence electrons. The van der Waals surface area contributed by atoms with Crippen LogP contribution in [0.5, 0.6) is 0 Å². The van der Waals surface area contributed by atoms with Crippen molar-refractivity contribution in [3.63, 3.8) is 0 Å². The van der Waals surface area contributed by atoms with Gasteiger partial charge in [0.25, 0.3) is 0 Å². The van der Waals surface area contributed by atoms with Crippen molar-refractivity contribution in [1.82, 2.24) is 21.3 Å². The highest BCUT2D eigenvalue weighted by Gasteiger charge is 1.90. The molecule has 0 amide bonds. The Morgan fingerprint density at radius 2 is 1.11 bits per heavy atom. The fourth-order valence-electron chi connectivity index (χ4n) is 1.77. The molecule has 4 nitrogen and oxygen atoms in total. The van der Waals surface area contributed by atoms with Crippen LogP contribution >= 0.6 is 0 Å². The number of hydrogen-bond donors (Lipinski definition) is 4.